The maximum Gasteiger partial charge on any atom is 0.0952 e. The van der Waals surface area contributed by atoms with E-state index in [0.29, 0.717) is 5.92 Å². The Labute approximate surface area is 143 Å². The largest absolute Gasteiger partial charge is 0.371 e. The lowest BCUT2D eigenvalue weighted by atomic mass is 10.1. The van der Waals surface area contributed by atoms with E-state index in [1.807, 2.05) is 24.7 Å². The molecule has 0 N–H and O–H groups in total. The highest BCUT2D eigenvalue weighted by Crippen LogP contribution is 2.24. The lowest BCUT2D eigenvalue weighted by Gasteiger charge is -2.33. The second kappa shape index (κ2) is 7.47. The van der Waals surface area contributed by atoms with Gasteiger partial charge in [0, 0.05) is 37.4 Å². The smallest absolute Gasteiger partial charge is 0.0952 e. The summed E-state index contributed by atoms with van der Waals surface area (Å²) in [4.78, 5) is 6.76. The van der Waals surface area contributed by atoms with Crippen molar-refractivity contribution in [3.05, 3.63) is 53.1 Å². The number of aromatic nitrogens is 2. The van der Waals surface area contributed by atoms with Crippen molar-refractivity contribution in [2.45, 2.75) is 33.0 Å². The summed E-state index contributed by atoms with van der Waals surface area (Å²) in [5.74, 6) is 0.620. The molecule has 0 radical (unpaired) electrons. The first-order chi connectivity index (χ1) is 11.1. The van der Waals surface area contributed by atoms with E-state index < -0.39 is 0 Å². The van der Waals surface area contributed by atoms with Crippen LogP contribution in [0.2, 0.25) is 5.02 Å². The van der Waals surface area contributed by atoms with Gasteiger partial charge in [-0.05, 0) is 23.6 Å². The molecule has 0 spiro atoms. The van der Waals surface area contributed by atoms with Crippen molar-refractivity contribution >= 4 is 11.6 Å². The molecule has 0 amide bonds. The molecule has 1 aromatic carbocycles. The molecule has 124 valence electrons. The van der Waals surface area contributed by atoms with Gasteiger partial charge in [0.25, 0.3) is 0 Å². The summed E-state index contributed by atoms with van der Waals surface area (Å²) in [6.07, 6.45) is 4.03. The second-order valence-corrected chi connectivity index (χ2v) is 7.01. The van der Waals surface area contributed by atoms with Gasteiger partial charge in [-0.2, -0.15) is 0 Å². The summed E-state index contributed by atoms with van der Waals surface area (Å²) in [7, 11) is 0. The molecule has 0 saturated carbocycles. The molecule has 0 bridgehead atoms. The lowest BCUT2D eigenvalue weighted by molar-refractivity contribution is -0.0336. The average molecular weight is 334 g/mol. The molecule has 0 aliphatic carbocycles. The number of nitrogens with zero attached hydrogens (tertiary/aromatic N) is 3. The van der Waals surface area contributed by atoms with Crippen LogP contribution in [0.15, 0.2) is 36.8 Å². The molecular formula is C18H24ClN3O. The first kappa shape index (κ1) is 16.5. The van der Waals surface area contributed by atoms with Gasteiger partial charge in [-0.15, -0.1) is 0 Å². The van der Waals surface area contributed by atoms with Crippen LogP contribution < -0.4 is 0 Å². The Kier molecular flexibility index (Phi) is 5.36. The Balaban J connectivity index is 1.65. The number of halogens is 1. The third kappa shape index (κ3) is 4.34. The number of imidazole rings is 1. The van der Waals surface area contributed by atoms with Gasteiger partial charge in [-0.1, -0.05) is 37.6 Å². The lowest BCUT2D eigenvalue weighted by Crippen LogP contribution is -2.38. The van der Waals surface area contributed by atoms with Crippen molar-refractivity contribution in [1.82, 2.24) is 14.5 Å². The number of morpholine rings is 1. The fourth-order valence-corrected chi connectivity index (χ4v) is 3.12. The third-order valence-electron chi connectivity index (χ3n) is 4.14. The monoisotopic (exact) mass is 333 g/mol. The highest BCUT2D eigenvalue weighted by Gasteiger charge is 2.22. The van der Waals surface area contributed by atoms with Crippen LogP contribution in [0.3, 0.4) is 0 Å². The van der Waals surface area contributed by atoms with Crippen LogP contribution in [0.1, 0.15) is 31.2 Å². The number of ether oxygens (including phenoxy) is 1. The highest BCUT2D eigenvalue weighted by molar-refractivity contribution is 6.30. The van der Waals surface area contributed by atoms with Crippen molar-refractivity contribution in [2.75, 3.05) is 19.7 Å². The predicted molar refractivity (Wildman–Crippen MR) is 92.5 cm³/mol. The van der Waals surface area contributed by atoms with Gasteiger partial charge < -0.3 is 9.30 Å². The molecule has 4 nitrogen and oxygen atoms in total. The summed E-state index contributed by atoms with van der Waals surface area (Å²) in [5, 5.41) is 0.763. The third-order valence-corrected chi connectivity index (χ3v) is 4.39. The van der Waals surface area contributed by atoms with Crippen molar-refractivity contribution in [2.24, 2.45) is 5.92 Å². The summed E-state index contributed by atoms with van der Waals surface area (Å²) in [6, 6.07) is 7.97. The molecule has 1 fully saturated rings. The number of benzene rings is 1. The molecule has 1 saturated heterocycles. The summed E-state index contributed by atoms with van der Waals surface area (Å²) < 4.78 is 8.20. The van der Waals surface area contributed by atoms with Gasteiger partial charge in [-0.25, -0.2) is 4.98 Å². The molecule has 1 aliphatic rings. The number of hydrogen-bond acceptors (Lipinski definition) is 3. The zero-order valence-electron chi connectivity index (χ0n) is 13.8. The standard InChI is InChI=1S/C18H24ClN3O/c1-14(2)10-22-13-20-9-17(22)11-21-7-8-23-18(12-21)15-3-5-16(19)6-4-15/h3-6,9,13-14,18H,7-8,10-12H2,1-2H3/t18-/m0/s1. The van der Waals surface area contributed by atoms with E-state index in [1.54, 1.807) is 0 Å². The zero-order valence-corrected chi connectivity index (χ0v) is 14.5. The Morgan fingerprint density at radius 3 is 2.83 bits per heavy atom. The molecule has 1 atom stereocenters. The molecule has 5 heteroatoms. The minimum atomic E-state index is 0.113. The number of hydrogen-bond donors (Lipinski definition) is 0. The molecular weight excluding hydrogens is 310 g/mol. The van der Waals surface area contributed by atoms with Gasteiger partial charge >= 0.3 is 0 Å². The molecule has 2 aromatic rings. The van der Waals surface area contributed by atoms with E-state index >= 15 is 0 Å². The topological polar surface area (TPSA) is 30.3 Å². The van der Waals surface area contributed by atoms with Crippen LogP contribution in [-0.4, -0.2) is 34.1 Å². The second-order valence-electron chi connectivity index (χ2n) is 6.58. The molecule has 2 heterocycles. The fraction of sp³-hybridized carbons (Fsp3) is 0.500. The van der Waals surface area contributed by atoms with Crippen LogP contribution in [0, 0.1) is 5.92 Å². The zero-order chi connectivity index (χ0) is 16.2. The molecule has 1 aliphatic heterocycles. The SMILES string of the molecule is CC(C)Cn1cncc1CN1CCO[C@H](c2ccc(Cl)cc2)C1. The van der Waals surface area contributed by atoms with Gasteiger partial charge in [-0.3, -0.25) is 4.90 Å². The minimum Gasteiger partial charge on any atom is -0.371 e. The number of rotatable bonds is 5. The van der Waals surface area contributed by atoms with Crippen LogP contribution in [0.4, 0.5) is 0 Å². The van der Waals surface area contributed by atoms with Crippen molar-refractivity contribution in [3.63, 3.8) is 0 Å². The minimum absolute atomic E-state index is 0.113. The molecule has 3 rings (SSSR count). The van der Waals surface area contributed by atoms with Gasteiger partial charge in [0.1, 0.15) is 0 Å². The van der Waals surface area contributed by atoms with Crippen LogP contribution in [-0.2, 0) is 17.8 Å². The Morgan fingerprint density at radius 2 is 2.09 bits per heavy atom. The van der Waals surface area contributed by atoms with Crippen molar-refractivity contribution < 1.29 is 4.74 Å². The summed E-state index contributed by atoms with van der Waals surface area (Å²) >= 11 is 5.97. The van der Waals surface area contributed by atoms with Crippen LogP contribution in [0.5, 0.6) is 0 Å². The van der Waals surface area contributed by atoms with Crippen LogP contribution in [0.25, 0.3) is 0 Å². The Morgan fingerprint density at radius 1 is 1.30 bits per heavy atom. The van der Waals surface area contributed by atoms with Crippen LogP contribution >= 0.6 is 11.6 Å². The molecule has 23 heavy (non-hydrogen) atoms. The fourth-order valence-electron chi connectivity index (χ4n) is 2.99. The summed E-state index contributed by atoms with van der Waals surface area (Å²) in [5.41, 5.74) is 2.46. The first-order valence-corrected chi connectivity index (χ1v) is 8.58. The van der Waals surface area contributed by atoms with Crippen molar-refractivity contribution in [1.29, 1.82) is 0 Å². The van der Waals surface area contributed by atoms with E-state index in [2.05, 4.69) is 40.4 Å². The van der Waals surface area contributed by atoms with Gasteiger partial charge in [0.15, 0.2) is 0 Å². The van der Waals surface area contributed by atoms with Gasteiger partial charge in [0.2, 0.25) is 0 Å². The predicted octanol–water partition coefficient (Wildman–Crippen LogP) is 3.77. The van der Waals surface area contributed by atoms with Crippen molar-refractivity contribution in [3.8, 4) is 0 Å². The normalized spacial score (nSPS) is 19.4. The maximum atomic E-state index is 5.97. The Hall–Kier alpha value is -1.36. The highest BCUT2D eigenvalue weighted by atomic mass is 35.5. The summed E-state index contributed by atoms with van der Waals surface area (Å²) in [6.45, 7) is 9.00. The van der Waals surface area contributed by atoms with E-state index in [0.717, 1.165) is 37.8 Å². The Bertz CT molecular complexity index is 623. The maximum absolute atomic E-state index is 5.97. The van der Waals surface area contributed by atoms with E-state index in [-0.39, 0.29) is 6.10 Å². The van der Waals surface area contributed by atoms with E-state index in [9.17, 15) is 0 Å². The molecule has 1 aromatic heterocycles. The quantitative estimate of drug-likeness (QED) is 0.834. The molecule has 0 unspecified atom stereocenters. The van der Waals surface area contributed by atoms with E-state index in [4.69, 9.17) is 16.3 Å². The van der Waals surface area contributed by atoms with Gasteiger partial charge in [0.05, 0.1) is 24.7 Å². The average Bonchev–Trinajstić information content (AvgIpc) is 2.94. The van der Waals surface area contributed by atoms with E-state index in [1.165, 1.54) is 11.3 Å². The first-order valence-electron chi connectivity index (χ1n) is 8.20.